The zero-order valence-electron chi connectivity index (χ0n) is 11.3. The van der Waals surface area contributed by atoms with Crippen LogP contribution in [0.25, 0.3) is 0 Å². The fourth-order valence-electron chi connectivity index (χ4n) is 1.42. The van der Waals surface area contributed by atoms with Gasteiger partial charge in [-0.25, -0.2) is 12.7 Å². The highest BCUT2D eigenvalue weighted by Crippen LogP contribution is 2.22. The molecule has 0 fully saturated rings. The zero-order valence-corrected chi connectivity index (χ0v) is 13.7. The van der Waals surface area contributed by atoms with Gasteiger partial charge in [-0.2, -0.15) is 0 Å². The van der Waals surface area contributed by atoms with Gasteiger partial charge in [-0.3, -0.25) is 0 Å². The van der Waals surface area contributed by atoms with Crippen LogP contribution in [-0.2, 0) is 16.6 Å². The Morgan fingerprint density at radius 2 is 2.05 bits per heavy atom. The van der Waals surface area contributed by atoms with Crippen LogP contribution in [-0.4, -0.2) is 46.2 Å². The molecule has 1 N–H and O–H groups in total. The largest absolute Gasteiger partial charge is 0.497 e. The maximum absolute atomic E-state index is 11.6. The average Bonchev–Trinajstić information content (AvgIpc) is 2.36. The summed E-state index contributed by atoms with van der Waals surface area (Å²) >= 11 is 3.45. The SMILES string of the molecule is COc1ccc(Br)c(CNCCS(=O)(=O)N(C)C)c1. The first-order valence-electron chi connectivity index (χ1n) is 5.80. The molecule has 0 aliphatic heterocycles. The van der Waals surface area contributed by atoms with E-state index in [4.69, 9.17) is 4.74 Å². The molecule has 0 saturated carbocycles. The molecule has 0 aliphatic carbocycles. The van der Waals surface area contributed by atoms with Crippen molar-refractivity contribution in [1.29, 1.82) is 0 Å². The lowest BCUT2D eigenvalue weighted by Crippen LogP contribution is -2.31. The van der Waals surface area contributed by atoms with Gasteiger partial charge in [-0.05, 0) is 23.8 Å². The van der Waals surface area contributed by atoms with E-state index in [1.165, 1.54) is 18.4 Å². The molecule has 108 valence electrons. The number of nitrogens with one attached hydrogen (secondary N) is 1. The topological polar surface area (TPSA) is 58.6 Å². The van der Waals surface area contributed by atoms with Gasteiger partial charge in [0, 0.05) is 31.7 Å². The van der Waals surface area contributed by atoms with Gasteiger partial charge in [-0.15, -0.1) is 0 Å². The first kappa shape index (κ1) is 16.4. The number of rotatable bonds is 7. The minimum absolute atomic E-state index is 0.0849. The Hall–Kier alpha value is -0.630. The maximum Gasteiger partial charge on any atom is 0.214 e. The Bertz CT molecular complexity index is 518. The van der Waals surface area contributed by atoms with Gasteiger partial charge < -0.3 is 10.1 Å². The number of benzene rings is 1. The third kappa shape index (κ3) is 5.10. The van der Waals surface area contributed by atoms with Crippen molar-refractivity contribution in [3.8, 4) is 5.75 Å². The zero-order chi connectivity index (χ0) is 14.5. The Kier molecular flexibility index (Phi) is 6.25. The van der Waals surface area contributed by atoms with Crippen LogP contribution in [0.2, 0.25) is 0 Å². The highest BCUT2D eigenvalue weighted by molar-refractivity contribution is 9.10. The normalized spacial score (nSPS) is 11.8. The van der Waals surface area contributed by atoms with Gasteiger partial charge in [-0.1, -0.05) is 15.9 Å². The second-order valence-electron chi connectivity index (χ2n) is 4.23. The Balaban J connectivity index is 2.50. The van der Waals surface area contributed by atoms with Crippen molar-refractivity contribution in [1.82, 2.24) is 9.62 Å². The molecule has 0 heterocycles. The molecule has 0 atom stereocenters. The summed E-state index contributed by atoms with van der Waals surface area (Å²) < 4.78 is 30.5. The molecule has 0 spiro atoms. The lowest BCUT2D eigenvalue weighted by atomic mass is 10.2. The number of methoxy groups -OCH3 is 1. The van der Waals surface area contributed by atoms with Crippen molar-refractivity contribution in [3.05, 3.63) is 28.2 Å². The van der Waals surface area contributed by atoms with E-state index in [1.807, 2.05) is 18.2 Å². The van der Waals surface area contributed by atoms with Crippen LogP contribution in [0.3, 0.4) is 0 Å². The second-order valence-corrected chi connectivity index (χ2v) is 7.39. The van der Waals surface area contributed by atoms with Gasteiger partial charge in [0.1, 0.15) is 5.75 Å². The monoisotopic (exact) mass is 350 g/mol. The molecule has 5 nitrogen and oxygen atoms in total. The van der Waals surface area contributed by atoms with Gasteiger partial charge in [0.15, 0.2) is 0 Å². The second kappa shape index (κ2) is 7.23. The third-order valence-electron chi connectivity index (χ3n) is 2.66. The van der Waals surface area contributed by atoms with Gasteiger partial charge in [0.05, 0.1) is 12.9 Å². The quantitative estimate of drug-likeness (QED) is 0.756. The summed E-state index contributed by atoms with van der Waals surface area (Å²) in [5.41, 5.74) is 1.03. The molecule has 0 unspecified atom stereocenters. The minimum Gasteiger partial charge on any atom is -0.497 e. The molecular weight excluding hydrogens is 332 g/mol. The number of nitrogens with zero attached hydrogens (tertiary/aromatic N) is 1. The number of halogens is 1. The summed E-state index contributed by atoms with van der Waals surface area (Å²) in [4.78, 5) is 0. The van der Waals surface area contributed by atoms with Gasteiger partial charge in [0.25, 0.3) is 0 Å². The number of ether oxygens (including phenoxy) is 1. The van der Waals surface area contributed by atoms with Crippen molar-refractivity contribution < 1.29 is 13.2 Å². The molecule has 7 heteroatoms. The molecule has 0 radical (unpaired) electrons. The van der Waals surface area contributed by atoms with Crippen LogP contribution in [0, 0.1) is 0 Å². The van der Waals surface area contributed by atoms with Crippen LogP contribution in [0.5, 0.6) is 5.75 Å². The molecule has 19 heavy (non-hydrogen) atoms. The average molecular weight is 351 g/mol. The molecule has 1 rings (SSSR count). The van der Waals surface area contributed by atoms with E-state index >= 15 is 0 Å². The lowest BCUT2D eigenvalue weighted by molar-refractivity contribution is 0.414. The van der Waals surface area contributed by atoms with E-state index in [-0.39, 0.29) is 5.75 Å². The summed E-state index contributed by atoms with van der Waals surface area (Å²) in [7, 11) is 1.55. The van der Waals surface area contributed by atoms with E-state index in [2.05, 4.69) is 21.2 Å². The highest BCUT2D eigenvalue weighted by Gasteiger charge is 2.12. The van der Waals surface area contributed by atoms with Crippen molar-refractivity contribution in [2.45, 2.75) is 6.54 Å². The summed E-state index contributed by atoms with van der Waals surface area (Å²) in [5, 5.41) is 3.11. The summed E-state index contributed by atoms with van der Waals surface area (Å²) in [6.45, 7) is 0.991. The molecule has 1 aromatic carbocycles. The van der Waals surface area contributed by atoms with Crippen molar-refractivity contribution in [2.24, 2.45) is 0 Å². The predicted molar refractivity (Wildman–Crippen MR) is 79.9 cm³/mol. The number of hydrogen-bond acceptors (Lipinski definition) is 4. The van der Waals surface area contributed by atoms with E-state index < -0.39 is 10.0 Å². The van der Waals surface area contributed by atoms with Crippen LogP contribution < -0.4 is 10.1 Å². The first-order valence-corrected chi connectivity index (χ1v) is 8.20. The molecule has 0 saturated heterocycles. The summed E-state index contributed by atoms with van der Waals surface area (Å²) in [6, 6.07) is 5.69. The summed E-state index contributed by atoms with van der Waals surface area (Å²) in [5.74, 6) is 0.864. The van der Waals surface area contributed by atoms with Crippen LogP contribution in [0.15, 0.2) is 22.7 Å². The minimum atomic E-state index is -3.14. The van der Waals surface area contributed by atoms with E-state index in [1.54, 1.807) is 7.11 Å². The molecular formula is C12H19BrN2O3S. The van der Waals surface area contributed by atoms with Crippen LogP contribution in [0.1, 0.15) is 5.56 Å². The van der Waals surface area contributed by atoms with Crippen LogP contribution in [0.4, 0.5) is 0 Å². The Morgan fingerprint density at radius 3 is 2.63 bits per heavy atom. The standard InChI is InChI=1S/C12H19BrN2O3S/c1-15(2)19(16,17)7-6-14-9-10-8-11(18-3)4-5-12(10)13/h4-5,8,14H,6-7,9H2,1-3H3. The predicted octanol–water partition coefficient (Wildman–Crippen LogP) is 1.44. The smallest absolute Gasteiger partial charge is 0.214 e. The summed E-state index contributed by atoms with van der Waals surface area (Å²) in [6.07, 6.45) is 0. The van der Waals surface area contributed by atoms with Crippen molar-refractivity contribution >= 4 is 26.0 Å². The van der Waals surface area contributed by atoms with E-state index in [0.29, 0.717) is 13.1 Å². The maximum atomic E-state index is 11.6. The van der Waals surface area contributed by atoms with Crippen molar-refractivity contribution in [3.63, 3.8) is 0 Å². The van der Waals surface area contributed by atoms with E-state index in [9.17, 15) is 8.42 Å². The van der Waals surface area contributed by atoms with E-state index in [0.717, 1.165) is 15.8 Å². The number of sulfonamides is 1. The molecule has 0 amide bonds. The fraction of sp³-hybridized carbons (Fsp3) is 0.500. The van der Waals surface area contributed by atoms with Crippen molar-refractivity contribution in [2.75, 3.05) is 33.5 Å². The molecule has 0 bridgehead atoms. The van der Waals surface area contributed by atoms with Crippen LogP contribution >= 0.6 is 15.9 Å². The molecule has 0 aromatic heterocycles. The molecule has 1 aromatic rings. The number of hydrogen-bond donors (Lipinski definition) is 1. The fourth-order valence-corrected chi connectivity index (χ4v) is 2.57. The Labute approximate surface area is 123 Å². The highest BCUT2D eigenvalue weighted by atomic mass is 79.9. The first-order chi connectivity index (χ1) is 8.86. The van der Waals surface area contributed by atoms with Gasteiger partial charge >= 0.3 is 0 Å². The van der Waals surface area contributed by atoms with Gasteiger partial charge in [0.2, 0.25) is 10.0 Å². The lowest BCUT2D eigenvalue weighted by Gasteiger charge is -2.12. The molecule has 0 aliphatic rings. The Morgan fingerprint density at radius 1 is 1.37 bits per heavy atom. The third-order valence-corrected chi connectivity index (χ3v) is 5.27.